The molecule has 8 nitrogen and oxygen atoms in total. The van der Waals surface area contributed by atoms with Crippen molar-refractivity contribution in [1.29, 1.82) is 0 Å². The molecule has 132 valence electrons. The van der Waals surface area contributed by atoms with Crippen molar-refractivity contribution in [3.8, 4) is 0 Å². The molecule has 3 rings (SSSR count). The Balaban J connectivity index is 1.73. The number of carbonyl (C=O) groups is 3. The van der Waals surface area contributed by atoms with Crippen molar-refractivity contribution in [3.05, 3.63) is 40.2 Å². The molecule has 9 heteroatoms. The maximum absolute atomic E-state index is 12.7. The summed E-state index contributed by atoms with van der Waals surface area (Å²) in [6.45, 7) is 1.65. The first-order chi connectivity index (χ1) is 11.8. The lowest BCUT2D eigenvalue weighted by Gasteiger charge is -2.18. The molecule has 1 aliphatic rings. The number of amides is 4. The van der Waals surface area contributed by atoms with Crippen LogP contribution in [-0.2, 0) is 28.1 Å². The van der Waals surface area contributed by atoms with Gasteiger partial charge in [0, 0.05) is 19.5 Å². The first-order valence-corrected chi connectivity index (χ1v) is 8.51. The molecule has 0 aromatic carbocycles. The van der Waals surface area contributed by atoms with Gasteiger partial charge in [-0.15, -0.1) is 11.3 Å². The Labute approximate surface area is 148 Å². The number of likely N-dealkylation sites (N-methyl/N-ethyl adjacent to an activating group) is 1. The van der Waals surface area contributed by atoms with Gasteiger partial charge in [-0.25, -0.2) is 9.78 Å². The van der Waals surface area contributed by atoms with Crippen LogP contribution >= 0.6 is 11.3 Å². The van der Waals surface area contributed by atoms with E-state index in [2.05, 4.69) is 10.3 Å². The minimum absolute atomic E-state index is 0.0492. The SMILES string of the molecule is CN(C)C(=O)Cc1nc(CN2C(=O)NC(C)(c3ccco3)C2=O)cs1. The van der Waals surface area contributed by atoms with Gasteiger partial charge in [0.05, 0.1) is 24.9 Å². The fourth-order valence-corrected chi connectivity index (χ4v) is 3.30. The van der Waals surface area contributed by atoms with Crippen LogP contribution in [0, 0.1) is 0 Å². The molecule has 2 aromatic heterocycles. The molecule has 0 aliphatic carbocycles. The summed E-state index contributed by atoms with van der Waals surface area (Å²) >= 11 is 1.33. The van der Waals surface area contributed by atoms with Gasteiger partial charge >= 0.3 is 6.03 Å². The van der Waals surface area contributed by atoms with Crippen LogP contribution in [0.2, 0.25) is 0 Å². The van der Waals surface area contributed by atoms with E-state index in [4.69, 9.17) is 4.42 Å². The highest BCUT2D eigenvalue weighted by atomic mass is 32.1. The second-order valence-corrected chi connectivity index (χ2v) is 7.06. The Morgan fingerprint density at radius 2 is 2.20 bits per heavy atom. The third kappa shape index (κ3) is 3.14. The van der Waals surface area contributed by atoms with Crippen LogP contribution in [0.25, 0.3) is 0 Å². The molecule has 1 unspecified atom stereocenters. The molecular weight excluding hydrogens is 344 g/mol. The number of carbonyl (C=O) groups excluding carboxylic acids is 3. The van der Waals surface area contributed by atoms with Crippen LogP contribution in [0.5, 0.6) is 0 Å². The highest BCUT2D eigenvalue weighted by molar-refractivity contribution is 7.09. The molecule has 0 spiro atoms. The zero-order valence-electron chi connectivity index (χ0n) is 14.1. The zero-order chi connectivity index (χ0) is 18.2. The molecule has 0 radical (unpaired) electrons. The van der Waals surface area contributed by atoms with Gasteiger partial charge in [0.25, 0.3) is 5.91 Å². The number of nitrogens with one attached hydrogen (secondary N) is 1. The second kappa shape index (κ2) is 6.32. The van der Waals surface area contributed by atoms with Gasteiger partial charge in [0.15, 0.2) is 5.54 Å². The molecule has 1 saturated heterocycles. The topological polar surface area (TPSA) is 95.8 Å². The Morgan fingerprint density at radius 1 is 1.44 bits per heavy atom. The first kappa shape index (κ1) is 17.2. The minimum atomic E-state index is -1.22. The Kier molecular flexibility index (Phi) is 4.34. The fourth-order valence-electron chi connectivity index (χ4n) is 2.52. The third-order valence-corrected chi connectivity index (χ3v) is 4.91. The minimum Gasteiger partial charge on any atom is -0.466 e. The van der Waals surface area contributed by atoms with Crippen LogP contribution in [0.4, 0.5) is 4.79 Å². The van der Waals surface area contributed by atoms with Crippen LogP contribution < -0.4 is 5.32 Å². The monoisotopic (exact) mass is 362 g/mol. The number of rotatable bonds is 5. The summed E-state index contributed by atoms with van der Waals surface area (Å²) in [5.41, 5.74) is -0.654. The predicted molar refractivity (Wildman–Crippen MR) is 89.7 cm³/mol. The number of thiazole rings is 1. The normalized spacial score (nSPS) is 20.0. The summed E-state index contributed by atoms with van der Waals surface area (Å²) in [7, 11) is 3.36. The van der Waals surface area contributed by atoms with Crippen molar-refractivity contribution in [2.24, 2.45) is 0 Å². The fraction of sp³-hybridized carbons (Fsp3) is 0.375. The molecule has 4 amide bonds. The van der Waals surface area contributed by atoms with Crippen molar-refractivity contribution in [2.75, 3.05) is 14.1 Å². The number of furan rings is 1. The standard InChI is InChI=1S/C16H18N4O4S/c1-16(11-5-4-6-24-11)14(22)20(15(23)18-16)8-10-9-25-12(17-10)7-13(21)19(2)3/h4-6,9H,7-8H2,1-3H3,(H,18,23). The van der Waals surface area contributed by atoms with Crippen molar-refractivity contribution >= 4 is 29.2 Å². The summed E-state index contributed by atoms with van der Waals surface area (Å²) in [6.07, 6.45) is 1.65. The van der Waals surface area contributed by atoms with Crippen molar-refractivity contribution in [1.82, 2.24) is 20.1 Å². The summed E-state index contributed by atoms with van der Waals surface area (Å²) in [6, 6.07) is 2.81. The number of urea groups is 1. The van der Waals surface area contributed by atoms with Gasteiger partial charge in [-0.05, 0) is 19.1 Å². The van der Waals surface area contributed by atoms with Gasteiger partial charge in [-0.1, -0.05) is 0 Å². The lowest BCUT2D eigenvalue weighted by molar-refractivity contribution is -0.132. The van der Waals surface area contributed by atoms with E-state index in [0.29, 0.717) is 16.5 Å². The van der Waals surface area contributed by atoms with Gasteiger partial charge in [0.1, 0.15) is 10.8 Å². The number of hydrogen-bond donors (Lipinski definition) is 1. The summed E-state index contributed by atoms with van der Waals surface area (Å²) in [5, 5.41) is 5.06. The average molecular weight is 362 g/mol. The van der Waals surface area contributed by atoms with Gasteiger partial charge in [-0.3, -0.25) is 14.5 Å². The van der Waals surface area contributed by atoms with E-state index >= 15 is 0 Å². The van der Waals surface area contributed by atoms with E-state index in [1.165, 1.54) is 22.5 Å². The van der Waals surface area contributed by atoms with E-state index < -0.39 is 17.5 Å². The molecule has 2 aromatic rings. The Hall–Kier alpha value is -2.68. The van der Waals surface area contributed by atoms with E-state index in [1.807, 2.05) is 0 Å². The molecule has 0 bridgehead atoms. The highest BCUT2D eigenvalue weighted by Crippen LogP contribution is 2.30. The predicted octanol–water partition coefficient (Wildman–Crippen LogP) is 1.33. The zero-order valence-corrected chi connectivity index (χ0v) is 14.9. The van der Waals surface area contributed by atoms with Crippen molar-refractivity contribution in [2.45, 2.75) is 25.4 Å². The number of hydrogen-bond acceptors (Lipinski definition) is 6. The quantitative estimate of drug-likeness (QED) is 0.810. The molecule has 3 heterocycles. The lowest BCUT2D eigenvalue weighted by Crippen LogP contribution is -2.40. The van der Waals surface area contributed by atoms with Crippen molar-refractivity contribution < 1.29 is 18.8 Å². The molecule has 25 heavy (non-hydrogen) atoms. The first-order valence-electron chi connectivity index (χ1n) is 7.63. The molecule has 0 saturated carbocycles. The van der Waals surface area contributed by atoms with Crippen LogP contribution in [-0.4, -0.2) is 46.7 Å². The Bertz CT molecular complexity index is 814. The van der Waals surface area contributed by atoms with E-state index in [0.717, 1.165) is 4.90 Å². The molecular formula is C16H18N4O4S. The smallest absolute Gasteiger partial charge is 0.325 e. The molecule has 1 fully saturated rings. The number of nitrogens with zero attached hydrogens (tertiary/aromatic N) is 3. The lowest BCUT2D eigenvalue weighted by atomic mass is 9.99. The number of aromatic nitrogens is 1. The maximum Gasteiger partial charge on any atom is 0.325 e. The second-order valence-electron chi connectivity index (χ2n) is 6.12. The summed E-state index contributed by atoms with van der Waals surface area (Å²) in [5.74, 6) is -0.0726. The van der Waals surface area contributed by atoms with Gasteiger partial charge < -0.3 is 14.6 Å². The third-order valence-electron chi connectivity index (χ3n) is 4.01. The van der Waals surface area contributed by atoms with Crippen LogP contribution in [0.1, 0.15) is 23.4 Å². The van der Waals surface area contributed by atoms with E-state index in [1.54, 1.807) is 38.5 Å². The molecule has 1 aliphatic heterocycles. The maximum atomic E-state index is 12.7. The average Bonchev–Trinajstić information content (AvgIpc) is 3.26. The molecule has 1 N–H and O–H groups in total. The van der Waals surface area contributed by atoms with E-state index in [-0.39, 0.29) is 18.9 Å². The van der Waals surface area contributed by atoms with Crippen molar-refractivity contribution in [3.63, 3.8) is 0 Å². The number of imide groups is 1. The van der Waals surface area contributed by atoms with E-state index in [9.17, 15) is 14.4 Å². The largest absolute Gasteiger partial charge is 0.466 e. The van der Waals surface area contributed by atoms with Gasteiger partial charge in [-0.2, -0.15) is 0 Å². The summed E-state index contributed by atoms with van der Waals surface area (Å²) < 4.78 is 5.29. The summed E-state index contributed by atoms with van der Waals surface area (Å²) in [4.78, 5) is 43.6. The van der Waals surface area contributed by atoms with Gasteiger partial charge in [0.2, 0.25) is 5.91 Å². The highest BCUT2D eigenvalue weighted by Gasteiger charge is 2.51. The van der Waals surface area contributed by atoms with Crippen LogP contribution in [0.3, 0.4) is 0 Å². The van der Waals surface area contributed by atoms with Crippen LogP contribution in [0.15, 0.2) is 28.2 Å². The Morgan fingerprint density at radius 3 is 2.84 bits per heavy atom. The molecule has 1 atom stereocenters.